The van der Waals surface area contributed by atoms with Crippen molar-refractivity contribution in [1.82, 2.24) is 10.2 Å². The van der Waals surface area contributed by atoms with Crippen molar-refractivity contribution in [1.29, 1.82) is 0 Å². The molecule has 1 fully saturated rings. The molecule has 1 aliphatic heterocycles. The van der Waals surface area contributed by atoms with Crippen molar-refractivity contribution in [3.63, 3.8) is 0 Å². The van der Waals surface area contributed by atoms with Gasteiger partial charge in [0.25, 0.3) is 0 Å². The highest BCUT2D eigenvalue weighted by Gasteiger charge is 2.37. The molecule has 0 amide bonds. The predicted octanol–water partition coefficient (Wildman–Crippen LogP) is 4.26. The number of benzene rings is 1. The van der Waals surface area contributed by atoms with Gasteiger partial charge in [-0.1, -0.05) is 36.7 Å². The third-order valence-corrected chi connectivity index (χ3v) is 4.79. The normalized spacial score (nSPS) is 18.4. The highest BCUT2D eigenvalue weighted by molar-refractivity contribution is 6.31. The molecule has 20 heavy (non-hydrogen) atoms. The van der Waals surface area contributed by atoms with Gasteiger partial charge in [-0.15, -0.1) is 0 Å². The molecule has 1 aliphatic rings. The molecular formula is C17H27ClN2. The SMILES string of the molecule is CCCNC(c1ccccc1Cl)C(C)(C)N1CCCC1. The minimum absolute atomic E-state index is 0.0800. The van der Waals surface area contributed by atoms with Crippen LogP contribution in [0.4, 0.5) is 0 Å². The molecule has 0 spiro atoms. The summed E-state index contributed by atoms with van der Waals surface area (Å²) < 4.78 is 0. The van der Waals surface area contributed by atoms with Crippen molar-refractivity contribution in [3.8, 4) is 0 Å². The first-order valence-electron chi connectivity index (χ1n) is 7.80. The third-order valence-electron chi connectivity index (χ3n) is 4.44. The van der Waals surface area contributed by atoms with Gasteiger partial charge < -0.3 is 5.32 Å². The summed E-state index contributed by atoms with van der Waals surface area (Å²) in [6.07, 6.45) is 3.76. The molecule has 1 heterocycles. The monoisotopic (exact) mass is 294 g/mol. The molecule has 0 bridgehead atoms. The van der Waals surface area contributed by atoms with E-state index in [0.717, 1.165) is 18.0 Å². The fraction of sp³-hybridized carbons (Fsp3) is 0.647. The van der Waals surface area contributed by atoms with Crippen LogP contribution in [0.25, 0.3) is 0 Å². The number of hydrogen-bond donors (Lipinski definition) is 1. The molecule has 3 heteroatoms. The third kappa shape index (κ3) is 3.36. The standard InChI is InChI=1S/C17H27ClN2/c1-4-11-19-16(14-9-5-6-10-15(14)18)17(2,3)20-12-7-8-13-20/h5-6,9-10,16,19H,4,7-8,11-13H2,1-3H3. The van der Waals surface area contributed by atoms with Crippen molar-refractivity contribution >= 4 is 11.6 Å². The van der Waals surface area contributed by atoms with Crippen LogP contribution in [0.1, 0.15) is 51.6 Å². The summed E-state index contributed by atoms with van der Waals surface area (Å²) in [6.45, 7) is 10.3. The molecule has 2 rings (SSSR count). The van der Waals surface area contributed by atoms with Crippen LogP contribution in [-0.2, 0) is 0 Å². The van der Waals surface area contributed by atoms with E-state index < -0.39 is 0 Å². The maximum atomic E-state index is 6.45. The highest BCUT2D eigenvalue weighted by Crippen LogP contribution is 2.36. The zero-order valence-corrected chi connectivity index (χ0v) is 13.7. The Labute approximate surface area is 128 Å². The zero-order chi connectivity index (χ0) is 14.6. The molecule has 0 radical (unpaired) electrons. The Morgan fingerprint density at radius 1 is 1.25 bits per heavy atom. The first-order chi connectivity index (χ1) is 9.57. The lowest BCUT2D eigenvalue weighted by atomic mass is 9.86. The van der Waals surface area contributed by atoms with E-state index in [-0.39, 0.29) is 11.6 Å². The van der Waals surface area contributed by atoms with Gasteiger partial charge in [-0.2, -0.15) is 0 Å². The molecule has 0 aliphatic carbocycles. The average molecular weight is 295 g/mol. The summed E-state index contributed by atoms with van der Waals surface area (Å²) in [5.74, 6) is 0. The number of nitrogens with one attached hydrogen (secondary N) is 1. The van der Waals surface area contributed by atoms with Crippen LogP contribution in [-0.4, -0.2) is 30.1 Å². The maximum absolute atomic E-state index is 6.45. The van der Waals surface area contributed by atoms with Gasteiger partial charge in [0.05, 0.1) is 6.04 Å². The summed E-state index contributed by atoms with van der Waals surface area (Å²) in [5, 5.41) is 4.59. The number of nitrogens with zero attached hydrogens (tertiary/aromatic N) is 1. The average Bonchev–Trinajstić information content (AvgIpc) is 2.95. The van der Waals surface area contributed by atoms with Gasteiger partial charge in [0.1, 0.15) is 0 Å². The summed E-state index contributed by atoms with van der Waals surface area (Å²) >= 11 is 6.45. The Kier molecular flexibility index (Phi) is 5.48. The van der Waals surface area contributed by atoms with Gasteiger partial charge in [-0.25, -0.2) is 0 Å². The van der Waals surface area contributed by atoms with Gasteiger partial charge in [-0.05, 0) is 64.4 Å². The lowest BCUT2D eigenvalue weighted by molar-refractivity contribution is 0.107. The summed E-state index contributed by atoms with van der Waals surface area (Å²) in [7, 11) is 0. The molecule has 112 valence electrons. The molecule has 1 aromatic carbocycles. The number of likely N-dealkylation sites (tertiary alicyclic amines) is 1. The Morgan fingerprint density at radius 2 is 1.90 bits per heavy atom. The number of hydrogen-bond acceptors (Lipinski definition) is 2. The quantitative estimate of drug-likeness (QED) is 0.843. The van der Waals surface area contributed by atoms with E-state index in [1.165, 1.54) is 31.5 Å². The summed E-state index contributed by atoms with van der Waals surface area (Å²) in [4.78, 5) is 2.60. The van der Waals surface area contributed by atoms with Crippen molar-refractivity contribution in [2.45, 2.75) is 51.6 Å². The molecule has 1 saturated heterocycles. The molecule has 0 aromatic heterocycles. The fourth-order valence-corrected chi connectivity index (χ4v) is 3.46. The topological polar surface area (TPSA) is 15.3 Å². The highest BCUT2D eigenvalue weighted by atomic mass is 35.5. The van der Waals surface area contributed by atoms with E-state index in [9.17, 15) is 0 Å². The Morgan fingerprint density at radius 3 is 2.50 bits per heavy atom. The van der Waals surface area contributed by atoms with E-state index in [1.54, 1.807) is 0 Å². The lowest BCUT2D eigenvalue weighted by Gasteiger charge is -2.43. The first kappa shape index (κ1) is 15.8. The van der Waals surface area contributed by atoms with E-state index >= 15 is 0 Å². The molecule has 1 N–H and O–H groups in total. The molecule has 1 atom stereocenters. The number of rotatable bonds is 6. The van der Waals surface area contributed by atoms with Crippen LogP contribution in [0.15, 0.2) is 24.3 Å². The van der Waals surface area contributed by atoms with Crippen molar-refractivity contribution < 1.29 is 0 Å². The summed E-state index contributed by atoms with van der Waals surface area (Å²) in [5.41, 5.74) is 1.30. The van der Waals surface area contributed by atoms with Crippen LogP contribution in [0.5, 0.6) is 0 Å². The van der Waals surface area contributed by atoms with Crippen molar-refractivity contribution in [2.24, 2.45) is 0 Å². The Balaban J connectivity index is 2.29. The second-order valence-electron chi connectivity index (χ2n) is 6.26. The van der Waals surface area contributed by atoms with Crippen LogP contribution in [0.3, 0.4) is 0 Å². The van der Waals surface area contributed by atoms with Gasteiger partial charge in [-0.3, -0.25) is 4.90 Å². The van der Waals surface area contributed by atoms with E-state index in [1.807, 2.05) is 12.1 Å². The Hall–Kier alpha value is -0.570. The maximum Gasteiger partial charge on any atom is 0.0516 e. The predicted molar refractivity (Wildman–Crippen MR) is 87.4 cm³/mol. The molecule has 1 unspecified atom stereocenters. The van der Waals surface area contributed by atoms with Crippen molar-refractivity contribution in [3.05, 3.63) is 34.9 Å². The van der Waals surface area contributed by atoms with Gasteiger partial charge in [0.2, 0.25) is 0 Å². The summed E-state index contributed by atoms with van der Waals surface area (Å²) in [6, 6.07) is 8.52. The Bertz CT molecular complexity index is 425. The molecule has 2 nitrogen and oxygen atoms in total. The van der Waals surface area contributed by atoms with Crippen molar-refractivity contribution in [2.75, 3.05) is 19.6 Å². The molecular weight excluding hydrogens is 268 g/mol. The second kappa shape index (κ2) is 6.93. The first-order valence-corrected chi connectivity index (χ1v) is 8.18. The van der Waals surface area contributed by atoms with Crippen LogP contribution < -0.4 is 5.32 Å². The number of halogens is 1. The lowest BCUT2D eigenvalue weighted by Crippen LogP contribution is -2.51. The van der Waals surface area contributed by atoms with E-state index in [0.29, 0.717) is 0 Å². The second-order valence-corrected chi connectivity index (χ2v) is 6.66. The minimum Gasteiger partial charge on any atom is -0.308 e. The van der Waals surface area contributed by atoms with Gasteiger partial charge >= 0.3 is 0 Å². The largest absolute Gasteiger partial charge is 0.308 e. The fourth-order valence-electron chi connectivity index (χ4n) is 3.21. The van der Waals surface area contributed by atoms with Crippen LogP contribution in [0.2, 0.25) is 5.02 Å². The molecule has 1 aromatic rings. The van der Waals surface area contributed by atoms with Gasteiger partial charge in [0, 0.05) is 10.6 Å². The van der Waals surface area contributed by atoms with E-state index in [4.69, 9.17) is 11.6 Å². The van der Waals surface area contributed by atoms with Gasteiger partial charge in [0.15, 0.2) is 0 Å². The zero-order valence-electron chi connectivity index (χ0n) is 13.0. The van der Waals surface area contributed by atoms with Crippen LogP contribution in [0, 0.1) is 0 Å². The van der Waals surface area contributed by atoms with E-state index in [2.05, 4.69) is 43.1 Å². The minimum atomic E-state index is 0.0800. The van der Waals surface area contributed by atoms with Crippen LogP contribution >= 0.6 is 11.6 Å². The smallest absolute Gasteiger partial charge is 0.0516 e. The molecule has 0 saturated carbocycles.